The van der Waals surface area contributed by atoms with Crippen LogP contribution in [0.2, 0.25) is 0 Å². The molecule has 0 radical (unpaired) electrons. The zero-order valence-electron chi connectivity index (χ0n) is 13.0. The highest BCUT2D eigenvalue weighted by Crippen LogP contribution is 2.30. The molecule has 0 aromatic carbocycles. The van der Waals surface area contributed by atoms with Gasteiger partial charge in [-0.15, -0.1) is 0 Å². The van der Waals surface area contributed by atoms with Crippen molar-refractivity contribution in [3.05, 3.63) is 0 Å². The van der Waals surface area contributed by atoms with Crippen LogP contribution < -0.4 is 5.32 Å². The van der Waals surface area contributed by atoms with Gasteiger partial charge in [-0.2, -0.15) is 0 Å². The van der Waals surface area contributed by atoms with Gasteiger partial charge < -0.3 is 15.3 Å². The quantitative estimate of drug-likeness (QED) is 0.748. The Morgan fingerprint density at radius 2 is 1.68 bits per heavy atom. The van der Waals surface area contributed by atoms with E-state index in [9.17, 15) is 14.7 Å². The average molecular weight is 272 g/mol. The van der Waals surface area contributed by atoms with Gasteiger partial charge in [0.15, 0.2) is 0 Å². The van der Waals surface area contributed by atoms with E-state index in [4.69, 9.17) is 0 Å². The molecule has 0 heterocycles. The molecule has 2 amide bonds. The molecule has 112 valence electrons. The van der Waals surface area contributed by atoms with Crippen molar-refractivity contribution in [1.82, 2.24) is 10.2 Å². The number of aliphatic carboxylic acids is 1. The Hall–Kier alpha value is -1.26. The van der Waals surface area contributed by atoms with Crippen LogP contribution in [0.15, 0.2) is 0 Å². The lowest BCUT2D eigenvalue weighted by molar-refractivity contribution is -0.150. The molecule has 0 bridgehead atoms. The third kappa shape index (κ3) is 4.40. The number of hydrogen-bond donors (Lipinski definition) is 2. The van der Waals surface area contributed by atoms with Gasteiger partial charge in [-0.3, -0.25) is 4.79 Å². The topological polar surface area (TPSA) is 69.6 Å². The van der Waals surface area contributed by atoms with E-state index in [0.29, 0.717) is 13.1 Å². The predicted molar refractivity (Wildman–Crippen MR) is 76.2 cm³/mol. The number of nitrogens with one attached hydrogen (secondary N) is 1. The highest BCUT2D eigenvalue weighted by atomic mass is 16.4. The summed E-state index contributed by atoms with van der Waals surface area (Å²) in [5, 5.41) is 12.1. The Morgan fingerprint density at radius 3 is 2.05 bits per heavy atom. The van der Waals surface area contributed by atoms with Gasteiger partial charge in [0.2, 0.25) is 0 Å². The first-order chi connectivity index (χ1) is 8.60. The highest BCUT2D eigenvalue weighted by Gasteiger charge is 2.44. The molecule has 2 N–H and O–H groups in total. The Morgan fingerprint density at radius 1 is 1.16 bits per heavy atom. The monoisotopic (exact) mass is 272 g/mol. The van der Waals surface area contributed by atoms with E-state index in [1.54, 1.807) is 32.6 Å². The van der Waals surface area contributed by atoms with Crippen LogP contribution in [0, 0.1) is 5.41 Å². The molecule has 5 heteroatoms. The number of carboxylic acids is 1. The molecular weight excluding hydrogens is 244 g/mol. The van der Waals surface area contributed by atoms with Gasteiger partial charge in [-0.1, -0.05) is 13.3 Å². The minimum atomic E-state index is -1.03. The molecule has 0 spiro atoms. The van der Waals surface area contributed by atoms with E-state index in [-0.39, 0.29) is 6.03 Å². The molecule has 0 fully saturated rings. The first-order valence-electron chi connectivity index (χ1n) is 6.90. The van der Waals surface area contributed by atoms with E-state index in [0.717, 1.165) is 12.8 Å². The third-order valence-corrected chi connectivity index (χ3v) is 3.97. The van der Waals surface area contributed by atoms with E-state index >= 15 is 0 Å². The van der Waals surface area contributed by atoms with Gasteiger partial charge in [0.1, 0.15) is 0 Å². The molecule has 0 aliphatic carbocycles. The lowest BCUT2D eigenvalue weighted by Gasteiger charge is -2.40. The van der Waals surface area contributed by atoms with Crippen molar-refractivity contribution < 1.29 is 14.7 Å². The fourth-order valence-corrected chi connectivity index (χ4v) is 1.52. The molecule has 0 unspecified atom stereocenters. The van der Waals surface area contributed by atoms with Crippen LogP contribution in [-0.4, -0.2) is 40.6 Å². The van der Waals surface area contributed by atoms with E-state index < -0.39 is 16.9 Å². The Bertz CT molecular complexity index is 325. The van der Waals surface area contributed by atoms with Crippen LogP contribution in [-0.2, 0) is 4.79 Å². The smallest absolute Gasteiger partial charge is 0.317 e. The van der Waals surface area contributed by atoms with Crippen molar-refractivity contribution in [2.75, 3.05) is 13.1 Å². The summed E-state index contributed by atoms with van der Waals surface area (Å²) in [6.45, 7) is 12.0. The third-order valence-electron chi connectivity index (χ3n) is 3.97. The molecule has 19 heavy (non-hydrogen) atoms. The van der Waals surface area contributed by atoms with E-state index in [1.165, 1.54) is 0 Å². The summed E-state index contributed by atoms with van der Waals surface area (Å²) in [5.41, 5.74) is -1.86. The summed E-state index contributed by atoms with van der Waals surface area (Å²) in [5.74, 6) is -0.922. The molecular formula is C14H28N2O3. The lowest BCUT2D eigenvalue weighted by atomic mass is 9.74. The Kier molecular flexibility index (Phi) is 6.33. The molecule has 0 atom stereocenters. The highest BCUT2D eigenvalue weighted by molar-refractivity contribution is 5.79. The Balaban J connectivity index is 4.81. The number of carbonyl (C=O) groups is 2. The van der Waals surface area contributed by atoms with Crippen LogP contribution in [0.5, 0.6) is 0 Å². The van der Waals surface area contributed by atoms with Crippen molar-refractivity contribution in [2.45, 2.75) is 59.9 Å². The minimum Gasteiger partial charge on any atom is -0.481 e. The number of hydrogen-bond acceptors (Lipinski definition) is 2. The molecule has 0 aliphatic heterocycles. The first-order valence-corrected chi connectivity index (χ1v) is 6.90. The second kappa shape index (κ2) is 6.78. The van der Waals surface area contributed by atoms with Crippen LogP contribution >= 0.6 is 0 Å². The molecule has 0 aliphatic rings. The molecule has 5 nitrogen and oxygen atoms in total. The molecule has 0 saturated carbocycles. The first kappa shape index (κ1) is 17.7. The zero-order chi connectivity index (χ0) is 15.3. The van der Waals surface area contributed by atoms with Crippen molar-refractivity contribution >= 4 is 12.0 Å². The number of unbranched alkanes of at least 4 members (excludes halogenated alkanes) is 1. The summed E-state index contributed by atoms with van der Waals surface area (Å²) in [4.78, 5) is 25.2. The van der Waals surface area contributed by atoms with Crippen molar-refractivity contribution in [3.63, 3.8) is 0 Å². The summed E-state index contributed by atoms with van der Waals surface area (Å²) in [7, 11) is 0. The van der Waals surface area contributed by atoms with Gasteiger partial charge in [-0.05, 0) is 41.0 Å². The summed E-state index contributed by atoms with van der Waals surface area (Å²) in [6, 6.07) is -0.199. The van der Waals surface area contributed by atoms with Crippen LogP contribution in [0.4, 0.5) is 4.79 Å². The zero-order valence-corrected chi connectivity index (χ0v) is 13.0. The number of nitrogens with zero attached hydrogens (tertiary/aromatic N) is 1. The van der Waals surface area contributed by atoms with Gasteiger partial charge in [0.05, 0.1) is 11.0 Å². The van der Waals surface area contributed by atoms with Crippen LogP contribution in [0.3, 0.4) is 0 Å². The standard InChI is InChI=1S/C14H28N2O3/c1-7-9-10-16(8-2)12(19)15-14(5,6)13(3,4)11(17)18/h7-10H2,1-6H3,(H,15,19)(H,17,18). The number of amides is 2. The van der Waals surface area contributed by atoms with Gasteiger partial charge in [0, 0.05) is 13.1 Å². The lowest BCUT2D eigenvalue weighted by Crippen LogP contribution is -2.59. The number of urea groups is 1. The van der Waals surface area contributed by atoms with Gasteiger partial charge in [0.25, 0.3) is 0 Å². The second-order valence-corrected chi connectivity index (χ2v) is 5.92. The largest absolute Gasteiger partial charge is 0.481 e. The molecule has 0 aromatic heterocycles. The van der Waals surface area contributed by atoms with Crippen molar-refractivity contribution in [3.8, 4) is 0 Å². The number of rotatable bonds is 7. The van der Waals surface area contributed by atoms with Crippen LogP contribution in [0.25, 0.3) is 0 Å². The maximum Gasteiger partial charge on any atom is 0.317 e. The SMILES string of the molecule is CCCCN(CC)C(=O)NC(C)(C)C(C)(C)C(=O)O. The van der Waals surface area contributed by atoms with Crippen molar-refractivity contribution in [1.29, 1.82) is 0 Å². The average Bonchev–Trinajstić information content (AvgIpc) is 2.28. The van der Waals surface area contributed by atoms with Crippen molar-refractivity contribution in [2.24, 2.45) is 5.41 Å². The summed E-state index contributed by atoms with van der Waals surface area (Å²) in [6.07, 6.45) is 1.97. The maximum absolute atomic E-state index is 12.2. The molecule has 0 rings (SSSR count). The molecule has 0 aromatic rings. The second-order valence-electron chi connectivity index (χ2n) is 5.92. The minimum absolute atomic E-state index is 0.199. The molecule has 0 saturated heterocycles. The fourth-order valence-electron chi connectivity index (χ4n) is 1.52. The Labute approximate surface area is 116 Å². The number of carbonyl (C=O) groups excluding carboxylic acids is 1. The van der Waals surface area contributed by atoms with E-state index in [1.807, 2.05) is 6.92 Å². The summed E-state index contributed by atoms with van der Waals surface area (Å²) >= 11 is 0. The normalized spacial score (nSPS) is 12.1. The van der Waals surface area contributed by atoms with E-state index in [2.05, 4.69) is 12.2 Å². The summed E-state index contributed by atoms with van der Waals surface area (Å²) < 4.78 is 0. The predicted octanol–water partition coefficient (Wildman–Crippen LogP) is 2.71. The number of carboxylic acid groups (broad SMARTS) is 1. The fraction of sp³-hybridized carbons (Fsp3) is 0.857. The maximum atomic E-state index is 12.2. The van der Waals surface area contributed by atoms with Crippen LogP contribution in [0.1, 0.15) is 54.4 Å². The van der Waals surface area contributed by atoms with Gasteiger partial charge in [-0.25, -0.2) is 4.79 Å². The van der Waals surface area contributed by atoms with Gasteiger partial charge >= 0.3 is 12.0 Å².